The second-order valence-electron chi connectivity index (χ2n) is 26.6. The van der Waals surface area contributed by atoms with E-state index < -0.39 is 97.5 Å². The van der Waals surface area contributed by atoms with Gasteiger partial charge in [0, 0.05) is 25.7 Å². The number of ether oxygens (including phenoxy) is 4. The van der Waals surface area contributed by atoms with Crippen LogP contribution in [0.1, 0.15) is 336 Å². The van der Waals surface area contributed by atoms with Gasteiger partial charge in [0.25, 0.3) is 0 Å². The maximum absolute atomic E-state index is 13.1. The zero-order valence-corrected chi connectivity index (χ0v) is 66.0. The summed E-state index contributed by atoms with van der Waals surface area (Å²) in [5, 5.41) is 10.6. The van der Waals surface area contributed by atoms with Gasteiger partial charge in [-0.25, -0.2) is 9.13 Å². The zero-order valence-electron chi connectivity index (χ0n) is 64.3. The summed E-state index contributed by atoms with van der Waals surface area (Å²) in [6.45, 7) is 4.59. The number of rotatable bonds is 75. The Hall–Kier alpha value is -4.28. The standard InChI is InChI=1S/C83H144O17P2/c1-5-9-13-17-21-25-29-32-35-37-38-40-42-45-49-52-56-60-64-68-81(86)94-74-79(100-83(88)70-66-62-58-54-50-46-43-39-36-33-30-26-22-18-14-10-6-2)76-98-102(91,92)96-72-77(84)71-95-101(89,90)97-75-78(99-82(87)69-65-61-57-53-47-28-24-20-16-12-8-4)73-93-80(85)67-63-59-55-51-48-44-41-34-31-27-23-19-15-11-7-3/h9-10,13-14,20-22,24-26,32-33,35-36,38,40,45,49,77-79,84H,5-8,11-12,15-19,23,27-31,34,37,39,41-44,46-48,50-76H2,1-4H3,(H,89,90)(H,91,92)/b13-9-,14-10-,24-20-,25-21-,26-22-,35-32-,36-33-,40-38-,49-45-. The first kappa shape index (κ1) is 97.7. The lowest BCUT2D eigenvalue weighted by Gasteiger charge is -2.21. The van der Waals surface area contributed by atoms with Gasteiger partial charge in [-0.2, -0.15) is 0 Å². The highest BCUT2D eigenvalue weighted by Crippen LogP contribution is 2.45. The predicted octanol–water partition coefficient (Wildman–Crippen LogP) is 23.3. The van der Waals surface area contributed by atoms with Gasteiger partial charge >= 0.3 is 39.5 Å². The molecule has 588 valence electrons. The van der Waals surface area contributed by atoms with Gasteiger partial charge in [-0.1, -0.05) is 298 Å². The highest BCUT2D eigenvalue weighted by Gasteiger charge is 2.30. The SMILES string of the molecule is CC/C=C\C/C=C\C/C=C\C/C=C\C/C=C\CCCCCC(=O)OCC(COP(=O)(O)OCC(O)COP(=O)(O)OCC(COC(=O)CCCCCCCCCCCCCCCCC)OC(=O)CCCCCCC/C=C\CCCC)OC(=O)CCCCCCCCC/C=C\C/C=C\C/C=C\CC. The monoisotopic (exact) mass is 1470 g/mol. The van der Waals surface area contributed by atoms with E-state index in [1.807, 2.05) is 0 Å². The summed E-state index contributed by atoms with van der Waals surface area (Å²) in [6, 6.07) is 0. The van der Waals surface area contributed by atoms with Gasteiger partial charge in [0.1, 0.15) is 19.3 Å². The minimum atomic E-state index is -4.99. The molecule has 0 radical (unpaired) electrons. The number of esters is 4. The maximum atomic E-state index is 13.1. The number of hydrogen-bond acceptors (Lipinski definition) is 15. The quantitative estimate of drug-likeness (QED) is 0.0169. The van der Waals surface area contributed by atoms with Crippen LogP contribution in [0.15, 0.2) is 109 Å². The Labute approximate surface area is 619 Å². The van der Waals surface area contributed by atoms with Crippen molar-refractivity contribution in [3.05, 3.63) is 109 Å². The lowest BCUT2D eigenvalue weighted by Crippen LogP contribution is -2.30. The van der Waals surface area contributed by atoms with Crippen LogP contribution in [0.25, 0.3) is 0 Å². The molecular formula is C83H144O17P2. The van der Waals surface area contributed by atoms with E-state index in [0.717, 1.165) is 173 Å². The second-order valence-corrected chi connectivity index (χ2v) is 29.5. The van der Waals surface area contributed by atoms with E-state index in [1.165, 1.54) is 83.5 Å². The van der Waals surface area contributed by atoms with Crippen molar-refractivity contribution in [2.24, 2.45) is 0 Å². The van der Waals surface area contributed by atoms with Crippen LogP contribution in [0.4, 0.5) is 0 Å². The first-order chi connectivity index (χ1) is 49.7. The van der Waals surface area contributed by atoms with Crippen molar-refractivity contribution in [1.29, 1.82) is 0 Å². The normalized spacial score (nSPS) is 14.5. The Balaban J connectivity index is 5.36. The van der Waals surface area contributed by atoms with Crippen LogP contribution in [-0.4, -0.2) is 96.7 Å². The molecule has 0 saturated carbocycles. The molecule has 3 N–H and O–H groups in total. The number of aliphatic hydroxyl groups excluding tert-OH is 1. The number of carbonyl (C=O) groups excluding carboxylic acids is 4. The molecule has 0 spiro atoms. The van der Waals surface area contributed by atoms with Crippen molar-refractivity contribution < 1.29 is 80.2 Å². The van der Waals surface area contributed by atoms with E-state index in [9.17, 15) is 43.2 Å². The molecule has 102 heavy (non-hydrogen) atoms. The number of aliphatic hydroxyl groups is 1. The molecule has 17 nitrogen and oxygen atoms in total. The fraction of sp³-hybridized carbons (Fsp3) is 0.735. The van der Waals surface area contributed by atoms with Gasteiger partial charge in [0.15, 0.2) is 12.2 Å². The Morgan fingerprint density at radius 3 is 0.833 bits per heavy atom. The van der Waals surface area contributed by atoms with E-state index in [0.29, 0.717) is 25.7 Å². The summed E-state index contributed by atoms with van der Waals surface area (Å²) in [6.07, 6.45) is 80.7. The van der Waals surface area contributed by atoms with Gasteiger partial charge in [0.05, 0.1) is 26.4 Å². The van der Waals surface area contributed by atoms with Crippen molar-refractivity contribution in [1.82, 2.24) is 0 Å². The van der Waals surface area contributed by atoms with Crippen LogP contribution in [0, 0.1) is 0 Å². The highest BCUT2D eigenvalue weighted by molar-refractivity contribution is 7.47. The average molecular weight is 1480 g/mol. The summed E-state index contributed by atoms with van der Waals surface area (Å²) in [4.78, 5) is 73.0. The molecule has 0 bridgehead atoms. The van der Waals surface area contributed by atoms with E-state index in [1.54, 1.807) is 0 Å². The molecule has 5 atom stereocenters. The summed E-state index contributed by atoms with van der Waals surface area (Å²) in [5.74, 6) is -2.22. The molecule has 0 aliphatic rings. The fourth-order valence-electron chi connectivity index (χ4n) is 10.7. The first-order valence-electron chi connectivity index (χ1n) is 40.1. The van der Waals surface area contributed by atoms with E-state index >= 15 is 0 Å². The second kappa shape index (κ2) is 75.0. The first-order valence-corrected chi connectivity index (χ1v) is 43.1. The molecular weight excluding hydrogens is 1330 g/mol. The van der Waals surface area contributed by atoms with Gasteiger partial charge in [-0.05, 0) is 122 Å². The molecule has 19 heteroatoms. The topological polar surface area (TPSA) is 237 Å². The molecule has 0 aliphatic carbocycles. The van der Waals surface area contributed by atoms with Gasteiger partial charge in [-0.3, -0.25) is 37.3 Å². The van der Waals surface area contributed by atoms with Gasteiger partial charge in [-0.15, -0.1) is 0 Å². The van der Waals surface area contributed by atoms with Crippen molar-refractivity contribution in [3.8, 4) is 0 Å². The molecule has 0 amide bonds. The molecule has 0 heterocycles. The average Bonchev–Trinajstić information content (AvgIpc) is 0.921. The van der Waals surface area contributed by atoms with Crippen LogP contribution in [-0.2, 0) is 65.4 Å². The third-order valence-electron chi connectivity index (χ3n) is 16.7. The predicted molar refractivity (Wildman–Crippen MR) is 418 cm³/mol. The summed E-state index contributed by atoms with van der Waals surface area (Å²) >= 11 is 0. The van der Waals surface area contributed by atoms with Crippen LogP contribution in [0.3, 0.4) is 0 Å². The molecule has 0 aromatic heterocycles. The molecule has 0 aromatic rings. The van der Waals surface area contributed by atoms with Gasteiger partial charge < -0.3 is 33.8 Å². The molecule has 0 rings (SSSR count). The minimum Gasteiger partial charge on any atom is -0.462 e. The third kappa shape index (κ3) is 74.0. The Morgan fingerprint density at radius 1 is 0.284 bits per heavy atom. The maximum Gasteiger partial charge on any atom is 0.472 e. The van der Waals surface area contributed by atoms with Crippen molar-refractivity contribution in [3.63, 3.8) is 0 Å². The molecule has 0 saturated heterocycles. The van der Waals surface area contributed by atoms with Crippen LogP contribution >= 0.6 is 15.6 Å². The van der Waals surface area contributed by atoms with Crippen LogP contribution in [0.5, 0.6) is 0 Å². The fourth-order valence-corrected chi connectivity index (χ4v) is 12.2. The van der Waals surface area contributed by atoms with Crippen molar-refractivity contribution >= 4 is 39.5 Å². The number of unbranched alkanes of at least 4 members (excludes halogenated alkanes) is 31. The third-order valence-corrected chi connectivity index (χ3v) is 18.6. The number of phosphoric acid groups is 2. The molecule has 0 aliphatic heterocycles. The summed E-state index contributed by atoms with van der Waals surface area (Å²) in [7, 11) is -9.96. The van der Waals surface area contributed by atoms with Crippen molar-refractivity contribution in [2.45, 2.75) is 354 Å². The summed E-state index contributed by atoms with van der Waals surface area (Å²) < 4.78 is 68.6. The van der Waals surface area contributed by atoms with E-state index in [2.05, 4.69) is 137 Å². The molecule has 0 fully saturated rings. The largest absolute Gasteiger partial charge is 0.472 e. The smallest absolute Gasteiger partial charge is 0.462 e. The van der Waals surface area contributed by atoms with Crippen LogP contribution < -0.4 is 0 Å². The zero-order chi connectivity index (χ0) is 74.6. The number of allylic oxidation sites excluding steroid dienone is 18. The number of hydrogen-bond donors (Lipinski definition) is 3. The lowest BCUT2D eigenvalue weighted by molar-refractivity contribution is -0.161. The summed E-state index contributed by atoms with van der Waals surface area (Å²) in [5.41, 5.74) is 0. The van der Waals surface area contributed by atoms with E-state index in [-0.39, 0.29) is 25.7 Å². The molecule has 0 aromatic carbocycles. The van der Waals surface area contributed by atoms with Crippen molar-refractivity contribution in [2.75, 3.05) is 39.6 Å². The Kier molecular flexibility index (Phi) is 71.8. The number of phosphoric ester groups is 2. The lowest BCUT2D eigenvalue weighted by atomic mass is 10.0. The molecule has 5 unspecified atom stereocenters. The highest BCUT2D eigenvalue weighted by atomic mass is 31.2. The minimum absolute atomic E-state index is 0.0747. The Morgan fingerprint density at radius 2 is 0.520 bits per heavy atom. The van der Waals surface area contributed by atoms with Crippen LogP contribution in [0.2, 0.25) is 0 Å². The number of carbonyl (C=O) groups is 4. The van der Waals surface area contributed by atoms with Gasteiger partial charge in [0.2, 0.25) is 0 Å². The Bertz CT molecular complexity index is 2360. The van der Waals surface area contributed by atoms with E-state index in [4.69, 9.17) is 37.0 Å².